The van der Waals surface area contributed by atoms with Crippen LogP contribution < -0.4 is 16.0 Å². The number of ether oxygens (including phenoxy) is 13. The molecule has 38 heteroatoms. The monoisotopic (exact) mass is 1250 g/mol. The highest BCUT2D eigenvalue weighted by Gasteiger charge is 2.59. The zero-order valence-corrected chi connectivity index (χ0v) is 45.6. The lowest BCUT2D eigenvalue weighted by atomic mass is 9.93. The van der Waals surface area contributed by atoms with Crippen LogP contribution in [-0.2, 0) is 76.0 Å². The number of hydrogen-bond donors (Lipinski definition) is 22. The highest BCUT2D eigenvalue weighted by atomic mass is 16.8. The lowest BCUT2D eigenvalue weighted by Gasteiger charge is -2.52. The molecule has 7 saturated heterocycles. The molecule has 0 aromatic heterocycles. The van der Waals surface area contributed by atoms with Gasteiger partial charge in [-0.25, -0.2) is 0 Å². The van der Waals surface area contributed by atoms with Gasteiger partial charge in [-0.2, -0.15) is 0 Å². The number of hydrogen-bond acceptors (Lipinski definition) is 35. The molecule has 0 bridgehead atoms. The van der Waals surface area contributed by atoms with Crippen LogP contribution in [0.4, 0.5) is 0 Å². The molecule has 7 aliphatic rings. The van der Waals surface area contributed by atoms with Gasteiger partial charge in [0.1, 0.15) is 165 Å². The van der Waals surface area contributed by atoms with E-state index in [2.05, 4.69) is 16.0 Å². The van der Waals surface area contributed by atoms with Crippen molar-refractivity contribution in [3.05, 3.63) is 0 Å². The Kier molecular flexibility index (Phi) is 24.8. The van der Waals surface area contributed by atoms with Gasteiger partial charge < -0.3 is 175 Å². The summed E-state index contributed by atoms with van der Waals surface area (Å²) in [7, 11) is 0. The van der Waals surface area contributed by atoms with Gasteiger partial charge in [0.2, 0.25) is 17.7 Å². The number of aliphatic hydroxyl groups is 19. The van der Waals surface area contributed by atoms with E-state index in [1.54, 1.807) is 0 Å². The van der Waals surface area contributed by atoms with E-state index >= 15 is 0 Å². The first-order valence-electron chi connectivity index (χ1n) is 27.0. The summed E-state index contributed by atoms with van der Waals surface area (Å²) >= 11 is 0. The van der Waals surface area contributed by atoms with Crippen LogP contribution in [0.25, 0.3) is 0 Å². The first-order chi connectivity index (χ1) is 40.2. The van der Waals surface area contributed by atoms with Gasteiger partial charge in [0.15, 0.2) is 44.0 Å². The van der Waals surface area contributed by atoms with Crippen molar-refractivity contribution in [2.75, 3.05) is 46.2 Å². The van der Waals surface area contributed by atoms with Crippen molar-refractivity contribution < 1.29 is 173 Å². The predicted octanol–water partition coefficient (Wildman–Crippen LogP) is -15.2. The van der Waals surface area contributed by atoms with Crippen LogP contribution in [0.5, 0.6) is 0 Å². The van der Waals surface area contributed by atoms with Crippen molar-refractivity contribution in [2.24, 2.45) is 0 Å². The Balaban J connectivity index is 1.30. The third kappa shape index (κ3) is 15.5. The molecule has 0 radical (unpaired) electrons. The Hall–Kier alpha value is -2.87. The summed E-state index contributed by atoms with van der Waals surface area (Å²) < 4.78 is 77.0. The summed E-state index contributed by atoms with van der Waals surface area (Å²) in [6.07, 6.45) is -62.3. The molecule has 7 heterocycles. The topological polar surface area (TPSA) is 592 Å². The standard InChI is InChI=1S/C47H79N3O35/c1-11(56)48-21-30(66)36(18(7-54)75-41(21)72)81-43-23(50-13(3)58)31(67)37(19(8-55)79-43)82-47-40(85-45-34(70)24(60)14(59)9-73-45)38(28(64)20(80-47)10-74-44-35(71)32(68)26(62)16(5-52)77-44)83-46-39(33(69)27(63)17(6-53)78-46)84-42-22(49-12(2)57)29(65)25(61)15(4-51)76-42/h14-47,51-55,59-72H,4-10H2,1-3H3,(H,48,56)(H,49,57)(H,50,58)/t14-,15-,16-,17-,18-,19-,20-,21-,22-,23-,24+,25-,26-,27-,28-,29-,30-,31-,32+,33+,34-,35+,36-,37-,38+,39+,40+,41-,42+,43+,44+,45+,46-,47+/m1/s1. The largest absolute Gasteiger partial charge is 0.394 e. The van der Waals surface area contributed by atoms with Crippen LogP contribution in [0.2, 0.25) is 0 Å². The lowest BCUT2D eigenvalue weighted by Crippen LogP contribution is -2.71. The van der Waals surface area contributed by atoms with Gasteiger partial charge in [-0.3, -0.25) is 14.4 Å². The SMILES string of the molecule is CC(=O)N[C@@H]1[C@@H](O)[C@H](O[C@@H]2O[C@H](CO)[C@@H](O[C@@H]3O[C@H](CO[C@H]4O[C@H](CO)[C@@H](O)[C@H](O)[C@@H]4O)[C@@H](O)[C@H](O[C@H]4O[C@H](CO)[C@@H](O)[C@H](O)[C@@H]4O[C@@H]4O[C@H](CO)[C@@H](O)[C@H](O)[C@H]4NC(C)=O)[C@@H]3O[C@@H]3OC[C@@H](O)[C@H](O)[C@H]3O)[C@H](O)[C@H]2NC(C)=O)[C@@H](CO)O[C@H]1O. The molecule has 0 unspecified atom stereocenters. The maximum atomic E-state index is 12.9. The van der Waals surface area contributed by atoms with Crippen molar-refractivity contribution >= 4 is 17.7 Å². The maximum Gasteiger partial charge on any atom is 0.217 e. The second-order valence-corrected chi connectivity index (χ2v) is 21.4. The zero-order chi connectivity index (χ0) is 62.6. The molecule has 3 amide bonds. The minimum atomic E-state index is -2.34. The number of amides is 3. The van der Waals surface area contributed by atoms with Gasteiger partial charge >= 0.3 is 0 Å². The van der Waals surface area contributed by atoms with Crippen molar-refractivity contribution in [1.82, 2.24) is 16.0 Å². The molecule has 7 fully saturated rings. The summed E-state index contributed by atoms with van der Waals surface area (Å²) in [6.45, 7) is -3.87. The summed E-state index contributed by atoms with van der Waals surface area (Å²) in [5, 5.41) is 214. The fourth-order valence-electron chi connectivity index (χ4n) is 10.8. The van der Waals surface area contributed by atoms with Crippen LogP contribution in [0.15, 0.2) is 0 Å². The molecule has 85 heavy (non-hydrogen) atoms. The average molecular weight is 1250 g/mol. The minimum absolute atomic E-state index is 0.752. The quantitative estimate of drug-likeness (QED) is 0.0507. The summed E-state index contributed by atoms with van der Waals surface area (Å²) in [5.41, 5.74) is 0. The molecular formula is C47H79N3O35. The van der Waals surface area contributed by atoms with E-state index < -0.39 is 273 Å². The highest BCUT2D eigenvalue weighted by molar-refractivity contribution is 5.74. The van der Waals surface area contributed by atoms with Crippen LogP contribution in [0.1, 0.15) is 20.8 Å². The van der Waals surface area contributed by atoms with E-state index in [1.807, 2.05) is 0 Å². The summed E-state index contributed by atoms with van der Waals surface area (Å²) in [6, 6.07) is -5.21. The fraction of sp³-hybridized carbons (Fsp3) is 0.936. The highest BCUT2D eigenvalue weighted by Crippen LogP contribution is 2.39. The molecule has 34 atom stereocenters. The number of aliphatic hydroxyl groups excluding tert-OH is 19. The van der Waals surface area contributed by atoms with Gasteiger partial charge in [-0.1, -0.05) is 0 Å². The molecular weight excluding hydrogens is 1170 g/mol. The Morgan fingerprint density at radius 3 is 1.29 bits per heavy atom. The van der Waals surface area contributed by atoms with E-state index in [0.29, 0.717) is 0 Å². The van der Waals surface area contributed by atoms with Crippen LogP contribution in [0.3, 0.4) is 0 Å². The van der Waals surface area contributed by atoms with Gasteiger partial charge in [0, 0.05) is 20.8 Å². The van der Waals surface area contributed by atoms with Gasteiger partial charge in [-0.05, 0) is 0 Å². The third-order valence-electron chi connectivity index (χ3n) is 15.3. The van der Waals surface area contributed by atoms with E-state index in [9.17, 15) is 111 Å². The van der Waals surface area contributed by atoms with Gasteiger partial charge in [0.05, 0.1) is 46.2 Å². The van der Waals surface area contributed by atoms with Crippen molar-refractivity contribution in [3.8, 4) is 0 Å². The molecule has 7 aliphatic heterocycles. The van der Waals surface area contributed by atoms with Crippen LogP contribution in [0, 0.1) is 0 Å². The molecule has 0 saturated carbocycles. The zero-order valence-electron chi connectivity index (χ0n) is 45.6. The maximum absolute atomic E-state index is 12.9. The number of nitrogens with one attached hydrogen (secondary N) is 3. The molecule has 38 nitrogen and oxygen atoms in total. The molecule has 0 aliphatic carbocycles. The molecule has 7 rings (SSSR count). The number of rotatable bonds is 21. The fourth-order valence-corrected chi connectivity index (χ4v) is 10.8. The first-order valence-corrected chi connectivity index (χ1v) is 27.0. The summed E-state index contributed by atoms with van der Waals surface area (Å²) in [5.74, 6) is -2.49. The Labute approximate surface area is 481 Å². The molecule has 0 aromatic carbocycles. The Morgan fingerprint density at radius 1 is 0.353 bits per heavy atom. The molecule has 492 valence electrons. The molecule has 22 N–H and O–H groups in total. The molecule has 0 aromatic rings. The Bertz CT molecular complexity index is 2130. The Morgan fingerprint density at radius 2 is 0.741 bits per heavy atom. The van der Waals surface area contributed by atoms with Crippen molar-refractivity contribution in [1.29, 1.82) is 0 Å². The van der Waals surface area contributed by atoms with Crippen molar-refractivity contribution in [3.63, 3.8) is 0 Å². The van der Waals surface area contributed by atoms with E-state index in [1.165, 1.54) is 0 Å². The molecule has 0 spiro atoms. The van der Waals surface area contributed by atoms with Crippen molar-refractivity contribution in [2.45, 2.75) is 229 Å². The van der Waals surface area contributed by atoms with E-state index in [0.717, 1.165) is 20.8 Å². The second-order valence-electron chi connectivity index (χ2n) is 21.4. The third-order valence-corrected chi connectivity index (χ3v) is 15.3. The van der Waals surface area contributed by atoms with E-state index in [-0.39, 0.29) is 0 Å². The smallest absolute Gasteiger partial charge is 0.217 e. The van der Waals surface area contributed by atoms with Gasteiger partial charge in [0.25, 0.3) is 0 Å². The summed E-state index contributed by atoms with van der Waals surface area (Å²) in [4.78, 5) is 37.3. The van der Waals surface area contributed by atoms with E-state index in [4.69, 9.17) is 61.6 Å². The number of carbonyl (C=O) groups excluding carboxylic acids is 3. The van der Waals surface area contributed by atoms with Gasteiger partial charge in [-0.15, -0.1) is 0 Å². The predicted molar refractivity (Wildman–Crippen MR) is 261 cm³/mol. The van der Waals surface area contributed by atoms with Crippen LogP contribution in [-0.4, -0.2) is 370 Å². The lowest BCUT2D eigenvalue weighted by molar-refractivity contribution is -0.410. The normalized spacial score (nSPS) is 48.9. The number of carbonyl (C=O) groups is 3. The first kappa shape index (κ1) is 69.6. The minimum Gasteiger partial charge on any atom is -0.394 e. The average Bonchev–Trinajstić information content (AvgIpc) is 2.25. The van der Waals surface area contributed by atoms with Crippen LogP contribution >= 0.6 is 0 Å². The second kappa shape index (κ2) is 30.3.